The normalized spacial score (nSPS) is 12.9. The maximum absolute atomic E-state index is 11.7. The highest BCUT2D eigenvalue weighted by atomic mass is 16.1. The highest BCUT2D eigenvalue weighted by Crippen LogP contribution is 2.15. The van der Waals surface area contributed by atoms with Crippen molar-refractivity contribution in [3.8, 4) is 0 Å². The van der Waals surface area contributed by atoms with Gasteiger partial charge in [0.15, 0.2) is 0 Å². The van der Waals surface area contributed by atoms with Crippen LogP contribution in [0.15, 0.2) is 30.3 Å². The average Bonchev–Trinajstić information content (AvgIpc) is 2.18. The third-order valence-corrected chi connectivity index (χ3v) is 2.57. The van der Waals surface area contributed by atoms with Crippen LogP contribution < -0.4 is 0 Å². The van der Waals surface area contributed by atoms with Gasteiger partial charge in [-0.15, -0.1) is 0 Å². The molecule has 1 heteroatoms. The number of rotatable bonds is 4. The lowest BCUT2D eigenvalue weighted by Gasteiger charge is -2.13. The van der Waals surface area contributed by atoms with Crippen LogP contribution >= 0.6 is 0 Å². The fraction of sp³-hybridized carbons (Fsp3) is 0.385. The molecule has 0 saturated carbocycles. The smallest absolute Gasteiger partial charge is 0.140 e. The van der Waals surface area contributed by atoms with Crippen LogP contribution in [0.1, 0.15) is 26.3 Å². The van der Waals surface area contributed by atoms with Crippen molar-refractivity contribution in [3.05, 3.63) is 41.8 Å². The second-order valence-electron chi connectivity index (χ2n) is 3.93. The second kappa shape index (κ2) is 4.94. The van der Waals surface area contributed by atoms with E-state index < -0.39 is 0 Å². The van der Waals surface area contributed by atoms with E-state index in [-0.39, 0.29) is 5.92 Å². The van der Waals surface area contributed by atoms with Crippen molar-refractivity contribution in [3.63, 3.8) is 0 Å². The quantitative estimate of drug-likeness (QED) is 0.711. The van der Waals surface area contributed by atoms with Crippen LogP contribution in [0.2, 0.25) is 0 Å². The van der Waals surface area contributed by atoms with E-state index in [1.807, 2.05) is 51.1 Å². The number of ketones is 1. The van der Waals surface area contributed by atoms with Gasteiger partial charge in [0.2, 0.25) is 0 Å². The summed E-state index contributed by atoms with van der Waals surface area (Å²) in [5.74, 6) is 1.57. The van der Waals surface area contributed by atoms with E-state index in [2.05, 4.69) is 0 Å². The summed E-state index contributed by atoms with van der Waals surface area (Å²) in [4.78, 5) is 11.7. The zero-order valence-electron chi connectivity index (χ0n) is 9.08. The lowest BCUT2D eigenvalue weighted by Crippen LogP contribution is -2.17. The lowest BCUT2D eigenvalue weighted by molar-refractivity contribution is -0.121. The van der Waals surface area contributed by atoms with Crippen LogP contribution in [-0.2, 0) is 11.2 Å². The van der Waals surface area contributed by atoms with Crippen LogP contribution in [0, 0.1) is 11.8 Å². The molecule has 0 fully saturated rings. The highest BCUT2D eigenvalue weighted by molar-refractivity contribution is 5.84. The van der Waals surface area contributed by atoms with E-state index in [9.17, 15) is 4.79 Å². The minimum atomic E-state index is 0.0789. The van der Waals surface area contributed by atoms with Crippen molar-refractivity contribution in [1.29, 1.82) is 0 Å². The van der Waals surface area contributed by atoms with Gasteiger partial charge in [-0.1, -0.05) is 51.1 Å². The summed E-state index contributed by atoms with van der Waals surface area (Å²) in [5, 5.41) is 0. The number of Topliss-reactive ketones (excluding diaryl/α,β-unsaturated/α-hetero) is 1. The van der Waals surface area contributed by atoms with E-state index in [1.165, 1.54) is 5.92 Å². The van der Waals surface area contributed by atoms with E-state index in [0.717, 1.165) is 5.56 Å². The van der Waals surface area contributed by atoms with Gasteiger partial charge in [0.05, 0.1) is 0 Å². The molecule has 0 aliphatic rings. The summed E-state index contributed by atoms with van der Waals surface area (Å²) in [7, 11) is 0. The third kappa shape index (κ3) is 2.99. The lowest BCUT2D eigenvalue weighted by atomic mass is 9.90. The first-order valence-electron chi connectivity index (χ1n) is 4.98. The minimum absolute atomic E-state index is 0.0789. The van der Waals surface area contributed by atoms with Crippen LogP contribution in [-0.4, -0.2) is 5.78 Å². The van der Waals surface area contributed by atoms with Gasteiger partial charge in [0.1, 0.15) is 5.78 Å². The molecule has 0 bridgehead atoms. The Bertz CT molecular complexity index is 287. The predicted octanol–water partition coefficient (Wildman–Crippen LogP) is 3.05. The van der Waals surface area contributed by atoms with E-state index >= 15 is 0 Å². The first kappa shape index (κ1) is 11.0. The summed E-state index contributed by atoms with van der Waals surface area (Å²) in [6.45, 7) is 5.99. The standard InChI is InChI=1S/C13H17O/c1-10(2)11(3)13(14)9-12-7-5-4-6-8-12/h4-8,11H,9H2,1-3H3. The molecule has 0 saturated heterocycles. The molecule has 0 spiro atoms. The fourth-order valence-electron chi connectivity index (χ4n) is 1.27. The first-order valence-corrected chi connectivity index (χ1v) is 4.98. The van der Waals surface area contributed by atoms with Crippen molar-refractivity contribution in [2.75, 3.05) is 0 Å². The molecule has 1 aromatic carbocycles. The summed E-state index contributed by atoms with van der Waals surface area (Å²) < 4.78 is 0. The third-order valence-electron chi connectivity index (χ3n) is 2.57. The zero-order chi connectivity index (χ0) is 10.6. The molecule has 1 aromatic rings. The zero-order valence-corrected chi connectivity index (χ0v) is 9.08. The molecule has 1 radical (unpaired) electrons. The van der Waals surface area contributed by atoms with Crippen molar-refractivity contribution in [2.24, 2.45) is 5.92 Å². The van der Waals surface area contributed by atoms with Gasteiger partial charge < -0.3 is 0 Å². The molecule has 0 aromatic heterocycles. The molecule has 75 valence electrons. The molecule has 1 rings (SSSR count). The van der Waals surface area contributed by atoms with Crippen molar-refractivity contribution in [1.82, 2.24) is 0 Å². The summed E-state index contributed by atoms with van der Waals surface area (Å²) >= 11 is 0. The van der Waals surface area contributed by atoms with Crippen LogP contribution in [0.3, 0.4) is 0 Å². The summed E-state index contributed by atoms with van der Waals surface area (Å²) in [6.07, 6.45) is 0.549. The molecule has 0 aliphatic carbocycles. The van der Waals surface area contributed by atoms with Gasteiger partial charge >= 0.3 is 0 Å². The number of carbonyl (C=O) groups excluding carboxylic acids is 1. The average molecular weight is 189 g/mol. The van der Waals surface area contributed by atoms with E-state index in [0.29, 0.717) is 12.2 Å². The Balaban J connectivity index is 2.58. The molecular weight excluding hydrogens is 172 g/mol. The Hall–Kier alpha value is -1.11. The summed E-state index contributed by atoms with van der Waals surface area (Å²) in [5.41, 5.74) is 1.10. The monoisotopic (exact) mass is 189 g/mol. The molecule has 1 nitrogen and oxygen atoms in total. The number of hydrogen-bond donors (Lipinski definition) is 0. The Labute approximate surface area is 86.1 Å². The van der Waals surface area contributed by atoms with Gasteiger partial charge in [-0.25, -0.2) is 0 Å². The molecule has 1 atom stereocenters. The van der Waals surface area contributed by atoms with Gasteiger partial charge in [-0.2, -0.15) is 0 Å². The molecule has 0 heterocycles. The Morgan fingerprint density at radius 1 is 1.21 bits per heavy atom. The molecular formula is C13H17O. The number of hydrogen-bond acceptors (Lipinski definition) is 1. The number of carbonyl (C=O) groups is 1. The number of benzene rings is 1. The van der Waals surface area contributed by atoms with Crippen LogP contribution in [0.5, 0.6) is 0 Å². The van der Waals surface area contributed by atoms with Gasteiger partial charge in [0.25, 0.3) is 0 Å². The minimum Gasteiger partial charge on any atom is -0.299 e. The molecule has 1 unspecified atom stereocenters. The Morgan fingerprint density at radius 3 is 2.29 bits per heavy atom. The van der Waals surface area contributed by atoms with Crippen LogP contribution in [0.4, 0.5) is 0 Å². The second-order valence-corrected chi connectivity index (χ2v) is 3.93. The largest absolute Gasteiger partial charge is 0.299 e. The maximum atomic E-state index is 11.7. The molecule has 0 N–H and O–H groups in total. The van der Waals surface area contributed by atoms with Crippen LogP contribution in [0.25, 0.3) is 0 Å². The molecule has 0 aliphatic heterocycles. The van der Waals surface area contributed by atoms with E-state index in [4.69, 9.17) is 0 Å². The van der Waals surface area contributed by atoms with Gasteiger partial charge in [-0.3, -0.25) is 4.79 Å². The highest BCUT2D eigenvalue weighted by Gasteiger charge is 2.16. The van der Waals surface area contributed by atoms with Gasteiger partial charge in [-0.05, 0) is 11.5 Å². The van der Waals surface area contributed by atoms with E-state index in [1.54, 1.807) is 0 Å². The van der Waals surface area contributed by atoms with Crippen molar-refractivity contribution < 1.29 is 4.79 Å². The molecule has 14 heavy (non-hydrogen) atoms. The SMILES string of the molecule is C[C](C)C(C)C(=O)Cc1ccccc1. The van der Waals surface area contributed by atoms with Crippen molar-refractivity contribution in [2.45, 2.75) is 27.2 Å². The maximum Gasteiger partial charge on any atom is 0.140 e. The Morgan fingerprint density at radius 2 is 1.79 bits per heavy atom. The van der Waals surface area contributed by atoms with Gasteiger partial charge in [0, 0.05) is 12.3 Å². The first-order chi connectivity index (χ1) is 6.61. The predicted molar refractivity (Wildman–Crippen MR) is 58.9 cm³/mol. The molecule has 0 amide bonds. The Kier molecular flexibility index (Phi) is 3.87. The van der Waals surface area contributed by atoms with Crippen molar-refractivity contribution >= 4 is 5.78 Å². The fourth-order valence-corrected chi connectivity index (χ4v) is 1.27. The summed E-state index contributed by atoms with van der Waals surface area (Å²) in [6, 6.07) is 9.89. The topological polar surface area (TPSA) is 17.1 Å².